The van der Waals surface area contributed by atoms with E-state index < -0.39 is 6.10 Å². The monoisotopic (exact) mass is 168 g/mol. The third kappa shape index (κ3) is 1.87. The second kappa shape index (κ2) is 3.74. The van der Waals surface area contributed by atoms with Gasteiger partial charge in [-0.1, -0.05) is 0 Å². The maximum atomic E-state index is 9.34. The lowest BCUT2D eigenvalue weighted by molar-refractivity contribution is 0.183. The van der Waals surface area contributed by atoms with E-state index in [0.29, 0.717) is 13.0 Å². The predicted octanol–water partition coefficient (Wildman–Crippen LogP) is 0.494. The molecule has 1 heterocycles. The molecule has 1 rings (SSSR count). The van der Waals surface area contributed by atoms with E-state index in [1.807, 2.05) is 20.0 Å². The lowest BCUT2D eigenvalue weighted by atomic mass is 10.1. The normalized spacial score (nSPS) is 13.3. The number of aryl methyl sites for hydroxylation is 2. The van der Waals surface area contributed by atoms with Gasteiger partial charge in [0.1, 0.15) is 0 Å². The molecule has 0 amide bonds. The van der Waals surface area contributed by atoms with Gasteiger partial charge in [0.25, 0.3) is 0 Å². The van der Waals surface area contributed by atoms with E-state index in [1.54, 1.807) is 0 Å². The van der Waals surface area contributed by atoms with Gasteiger partial charge in [-0.3, -0.25) is 0 Å². The minimum absolute atomic E-state index is 0.323. The molecule has 0 bridgehead atoms. The van der Waals surface area contributed by atoms with Gasteiger partial charge in [0, 0.05) is 24.9 Å². The molecule has 0 aromatic carbocycles. The summed E-state index contributed by atoms with van der Waals surface area (Å²) in [6.07, 6.45) is 2.18. The van der Waals surface area contributed by atoms with Crippen LogP contribution in [-0.4, -0.2) is 22.7 Å². The third-order valence-electron chi connectivity index (χ3n) is 2.15. The maximum absolute atomic E-state index is 9.34. The summed E-state index contributed by atoms with van der Waals surface area (Å²) in [5.41, 5.74) is 8.84. The highest BCUT2D eigenvalue weighted by atomic mass is 16.3. The average Bonchev–Trinajstić information content (AvgIpc) is 2.35. The summed E-state index contributed by atoms with van der Waals surface area (Å²) in [4.78, 5) is 3.11. The second-order valence-electron chi connectivity index (χ2n) is 3.17. The molecule has 4 N–H and O–H groups in total. The molecule has 68 valence electrons. The van der Waals surface area contributed by atoms with Crippen LogP contribution in [0.25, 0.3) is 0 Å². The quantitative estimate of drug-likeness (QED) is 0.615. The van der Waals surface area contributed by atoms with Crippen molar-refractivity contribution >= 4 is 0 Å². The summed E-state index contributed by atoms with van der Waals surface area (Å²) in [6, 6.07) is 0. The van der Waals surface area contributed by atoms with Crippen molar-refractivity contribution in [1.82, 2.24) is 4.98 Å². The van der Waals surface area contributed by atoms with Gasteiger partial charge < -0.3 is 15.8 Å². The first kappa shape index (κ1) is 9.29. The Kier molecular flexibility index (Phi) is 2.89. The largest absolute Gasteiger partial charge is 0.391 e. The molecule has 12 heavy (non-hydrogen) atoms. The summed E-state index contributed by atoms with van der Waals surface area (Å²) in [7, 11) is 0. The molecule has 0 fully saturated rings. The number of nitrogens with two attached hydrogens (primary N) is 1. The zero-order chi connectivity index (χ0) is 9.14. The minimum Gasteiger partial charge on any atom is -0.391 e. The number of aromatic nitrogens is 1. The van der Waals surface area contributed by atoms with Crippen LogP contribution in [0.15, 0.2) is 6.20 Å². The molecule has 0 aliphatic heterocycles. The van der Waals surface area contributed by atoms with Crippen molar-refractivity contribution in [2.45, 2.75) is 26.4 Å². The topological polar surface area (TPSA) is 62.0 Å². The first-order chi connectivity index (χ1) is 5.65. The molecule has 1 atom stereocenters. The van der Waals surface area contributed by atoms with Crippen molar-refractivity contribution in [1.29, 1.82) is 0 Å². The van der Waals surface area contributed by atoms with Crippen LogP contribution in [0.1, 0.15) is 16.8 Å². The number of aromatic amines is 1. The van der Waals surface area contributed by atoms with Crippen LogP contribution in [0.4, 0.5) is 0 Å². The van der Waals surface area contributed by atoms with Gasteiger partial charge in [0.15, 0.2) is 0 Å². The average molecular weight is 168 g/mol. The molecule has 1 unspecified atom stereocenters. The van der Waals surface area contributed by atoms with E-state index in [-0.39, 0.29) is 0 Å². The van der Waals surface area contributed by atoms with E-state index in [0.717, 1.165) is 5.69 Å². The van der Waals surface area contributed by atoms with Gasteiger partial charge in [0.05, 0.1) is 6.10 Å². The van der Waals surface area contributed by atoms with Crippen molar-refractivity contribution in [2.24, 2.45) is 5.73 Å². The summed E-state index contributed by atoms with van der Waals surface area (Å²) < 4.78 is 0. The van der Waals surface area contributed by atoms with Crippen molar-refractivity contribution < 1.29 is 5.11 Å². The number of hydrogen-bond acceptors (Lipinski definition) is 2. The predicted molar refractivity (Wildman–Crippen MR) is 49.0 cm³/mol. The fraction of sp³-hybridized carbons (Fsp3) is 0.556. The Labute approximate surface area is 72.6 Å². The number of aliphatic hydroxyl groups excluding tert-OH is 1. The number of aliphatic hydroxyl groups is 1. The van der Waals surface area contributed by atoms with E-state index in [9.17, 15) is 5.11 Å². The highest BCUT2D eigenvalue weighted by Gasteiger charge is 2.08. The molecular weight excluding hydrogens is 152 g/mol. The Hall–Kier alpha value is -0.800. The van der Waals surface area contributed by atoms with Gasteiger partial charge in [0.2, 0.25) is 0 Å². The van der Waals surface area contributed by atoms with Crippen LogP contribution in [0.3, 0.4) is 0 Å². The highest BCUT2D eigenvalue weighted by Crippen LogP contribution is 2.13. The molecule has 0 aliphatic rings. The molecule has 1 aromatic rings. The van der Waals surface area contributed by atoms with E-state index in [1.165, 1.54) is 11.1 Å². The maximum Gasteiger partial charge on any atom is 0.0703 e. The van der Waals surface area contributed by atoms with Gasteiger partial charge in [-0.15, -0.1) is 0 Å². The number of hydrogen-bond donors (Lipinski definition) is 3. The minimum atomic E-state index is -0.418. The molecule has 3 nitrogen and oxygen atoms in total. The summed E-state index contributed by atoms with van der Waals surface area (Å²) in [6.45, 7) is 4.36. The zero-order valence-electron chi connectivity index (χ0n) is 7.59. The molecule has 0 radical (unpaired) electrons. The van der Waals surface area contributed by atoms with Crippen LogP contribution < -0.4 is 5.73 Å². The molecule has 0 saturated heterocycles. The van der Waals surface area contributed by atoms with Gasteiger partial charge >= 0.3 is 0 Å². The zero-order valence-corrected chi connectivity index (χ0v) is 7.59. The Morgan fingerprint density at radius 3 is 2.67 bits per heavy atom. The standard InChI is InChI=1S/C9H16N2O/c1-6-5-11-7(2)9(6)3-8(12)4-10/h5,8,11-12H,3-4,10H2,1-2H3. The van der Waals surface area contributed by atoms with E-state index in [2.05, 4.69) is 4.98 Å². The van der Waals surface area contributed by atoms with Crippen molar-refractivity contribution in [2.75, 3.05) is 6.54 Å². The first-order valence-corrected chi connectivity index (χ1v) is 4.16. The Balaban J connectivity index is 2.73. The van der Waals surface area contributed by atoms with Crippen molar-refractivity contribution in [3.63, 3.8) is 0 Å². The van der Waals surface area contributed by atoms with E-state index in [4.69, 9.17) is 5.73 Å². The Bertz CT molecular complexity index is 236. The highest BCUT2D eigenvalue weighted by molar-refractivity contribution is 5.29. The van der Waals surface area contributed by atoms with Gasteiger partial charge in [-0.05, 0) is 25.0 Å². The third-order valence-corrected chi connectivity index (χ3v) is 2.15. The molecule has 0 spiro atoms. The van der Waals surface area contributed by atoms with Crippen LogP contribution in [0.2, 0.25) is 0 Å². The fourth-order valence-corrected chi connectivity index (χ4v) is 1.32. The van der Waals surface area contributed by atoms with Crippen LogP contribution >= 0.6 is 0 Å². The molecular formula is C9H16N2O. The molecule has 1 aromatic heterocycles. The number of nitrogens with one attached hydrogen (secondary N) is 1. The van der Waals surface area contributed by atoms with Crippen LogP contribution in [0, 0.1) is 13.8 Å². The van der Waals surface area contributed by atoms with Crippen molar-refractivity contribution in [3.8, 4) is 0 Å². The SMILES string of the molecule is Cc1c[nH]c(C)c1CC(O)CN. The number of H-pyrrole nitrogens is 1. The fourth-order valence-electron chi connectivity index (χ4n) is 1.32. The molecule has 0 aliphatic carbocycles. The molecule has 0 saturated carbocycles. The summed E-state index contributed by atoms with van der Waals surface area (Å²) >= 11 is 0. The smallest absolute Gasteiger partial charge is 0.0703 e. The Morgan fingerprint density at radius 2 is 2.25 bits per heavy atom. The van der Waals surface area contributed by atoms with Gasteiger partial charge in [-0.25, -0.2) is 0 Å². The summed E-state index contributed by atoms with van der Waals surface area (Å²) in [5, 5.41) is 9.34. The Morgan fingerprint density at radius 1 is 1.58 bits per heavy atom. The first-order valence-electron chi connectivity index (χ1n) is 4.16. The lowest BCUT2D eigenvalue weighted by Crippen LogP contribution is -2.22. The number of rotatable bonds is 3. The second-order valence-corrected chi connectivity index (χ2v) is 3.17. The van der Waals surface area contributed by atoms with Crippen LogP contribution in [0.5, 0.6) is 0 Å². The van der Waals surface area contributed by atoms with Gasteiger partial charge in [-0.2, -0.15) is 0 Å². The summed E-state index contributed by atoms with van der Waals surface area (Å²) in [5.74, 6) is 0. The molecule has 3 heteroatoms. The lowest BCUT2D eigenvalue weighted by Gasteiger charge is -2.07. The van der Waals surface area contributed by atoms with E-state index >= 15 is 0 Å². The van der Waals surface area contributed by atoms with Crippen LogP contribution in [-0.2, 0) is 6.42 Å². The van der Waals surface area contributed by atoms with Crippen molar-refractivity contribution in [3.05, 3.63) is 23.0 Å².